The second-order valence-corrected chi connectivity index (χ2v) is 1.16. The summed E-state index contributed by atoms with van der Waals surface area (Å²) >= 11 is 0. The van der Waals surface area contributed by atoms with E-state index in [0.717, 1.165) is 0 Å². The molecule has 1 heterocycles. The minimum atomic E-state index is -0.917. The van der Waals surface area contributed by atoms with Crippen molar-refractivity contribution in [1.29, 1.82) is 0 Å². The molecule has 1 rings (SSSR count). The maximum absolute atomic E-state index is 4.64. The first-order valence-corrected chi connectivity index (χ1v) is 1.87. The van der Waals surface area contributed by atoms with E-state index in [9.17, 15) is 0 Å². The smallest absolute Gasteiger partial charge is 0.313 e. The zero-order chi connectivity index (χ0) is 5.33. The standard InChI is InChI=1S/C3H6N2O2/c1-6-3(7-2)4-5-3/h1-2H3. The SMILES string of the molecule is COC1(OC)N=N1. The van der Waals surface area contributed by atoms with Crippen molar-refractivity contribution in [2.75, 3.05) is 14.2 Å². The molecule has 0 aromatic heterocycles. The highest BCUT2D eigenvalue weighted by Gasteiger charge is 2.40. The summed E-state index contributed by atoms with van der Waals surface area (Å²) < 4.78 is 9.28. The minimum absolute atomic E-state index is 0.917. The fourth-order valence-electron chi connectivity index (χ4n) is 0.287. The fraction of sp³-hybridized carbons (Fsp3) is 1.00. The molecule has 1 aliphatic heterocycles. The average molecular weight is 102 g/mol. The summed E-state index contributed by atoms with van der Waals surface area (Å²) in [6.45, 7) is 0. The number of nitrogens with zero attached hydrogens (tertiary/aromatic N) is 2. The average Bonchev–Trinajstić information content (AvgIpc) is 2.46. The van der Waals surface area contributed by atoms with Crippen LogP contribution in [0.2, 0.25) is 0 Å². The van der Waals surface area contributed by atoms with Crippen LogP contribution in [0.3, 0.4) is 0 Å². The van der Waals surface area contributed by atoms with Gasteiger partial charge in [0.2, 0.25) is 0 Å². The Hall–Kier alpha value is -0.480. The highest BCUT2D eigenvalue weighted by Crippen LogP contribution is 2.28. The zero-order valence-electron chi connectivity index (χ0n) is 4.21. The van der Waals surface area contributed by atoms with Crippen molar-refractivity contribution in [3.8, 4) is 0 Å². The number of rotatable bonds is 2. The van der Waals surface area contributed by atoms with E-state index in [0.29, 0.717) is 0 Å². The first kappa shape index (κ1) is 4.67. The molecule has 0 bridgehead atoms. The molecule has 7 heavy (non-hydrogen) atoms. The Morgan fingerprint density at radius 3 is 1.57 bits per heavy atom. The molecule has 0 aromatic rings. The van der Waals surface area contributed by atoms with Crippen LogP contribution in [-0.2, 0) is 9.47 Å². The van der Waals surface area contributed by atoms with Crippen LogP contribution in [0.5, 0.6) is 0 Å². The molecule has 1 aliphatic rings. The molecule has 4 nitrogen and oxygen atoms in total. The Morgan fingerprint density at radius 2 is 1.57 bits per heavy atom. The van der Waals surface area contributed by atoms with Gasteiger partial charge in [-0.25, -0.2) is 0 Å². The van der Waals surface area contributed by atoms with Crippen LogP contribution in [-0.4, -0.2) is 20.3 Å². The Morgan fingerprint density at radius 1 is 1.14 bits per heavy atom. The van der Waals surface area contributed by atoms with Crippen molar-refractivity contribution in [2.45, 2.75) is 6.03 Å². The minimum Gasteiger partial charge on any atom is -0.313 e. The first-order chi connectivity index (χ1) is 3.33. The number of ether oxygens (including phenoxy) is 2. The van der Waals surface area contributed by atoms with Gasteiger partial charge in [-0.05, 0) is 0 Å². The Balaban J connectivity index is 2.31. The van der Waals surface area contributed by atoms with Crippen molar-refractivity contribution in [2.24, 2.45) is 10.2 Å². The maximum atomic E-state index is 4.64. The van der Waals surface area contributed by atoms with Crippen LogP contribution in [0.1, 0.15) is 0 Å². The molecule has 0 aliphatic carbocycles. The van der Waals surface area contributed by atoms with Gasteiger partial charge in [-0.1, -0.05) is 10.2 Å². The van der Waals surface area contributed by atoms with Gasteiger partial charge < -0.3 is 9.47 Å². The van der Waals surface area contributed by atoms with Crippen LogP contribution in [0.4, 0.5) is 0 Å². The normalized spacial score (nSPS) is 22.6. The van der Waals surface area contributed by atoms with Crippen LogP contribution >= 0.6 is 0 Å². The van der Waals surface area contributed by atoms with E-state index in [4.69, 9.17) is 0 Å². The molecule has 0 spiro atoms. The van der Waals surface area contributed by atoms with E-state index >= 15 is 0 Å². The molecule has 0 fully saturated rings. The number of hydrogen-bond donors (Lipinski definition) is 0. The lowest BCUT2D eigenvalue weighted by molar-refractivity contribution is -0.142. The van der Waals surface area contributed by atoms with Crippen LogP contribution in [0, 0.1) is 0 Å². The predicted octanol–water partition coefficient (Wildman–Crippen LogP) is 0.356. The lowest BCUT2D eigenvalue weighted by Crippen LogP contribution is -2.14. The molecule has 0 amide bonds. The van der Waals surface area contributed by atoms with Gasteiger partial charge in [-0.3, -0.25) is 0 Å². The lowest BCUT2D eigenvalue weighted by atomic mass is 11.0. The quantitative estimate of drug-likeness (QED) is 0.472. The van der Waals surface area contributed by atoms with E-state index in [-0.39, 0.29) is 0 Å². The third-order valence-electron chi connectivity index (χ3n) is 0.795. The Kier molecular flexibility index (Phi) is 0.831. The Bertz CT molecular complexity index is 89.1. The van der Waals surface area contributed by atoms with E-state index in [1.54, 1.807) is 0 Å². The second kappa shape index (κ2) is 1.24. The number of methoxy groups -OCH3 is 2. The van der Waals surface area contributed by atoms with Gasteiger partial charge in [-0.2, -0.15) is 0 Å². The summed E-state index contributed by atoms with van der Waals surface area (Å²) in [7, 11) is 2.98. The highest BCUT2D eigenvalue weighted by molar-refractivity contribution is 4.68. The maximum Gasteiger partial charge on any atom is 0.413 e. The molecule has 0 N–H and O–H groups in total. The van der Waals surface area contributed by atoms with Gasteiger partial charge in [0.1, 0.15) is 0 Å². The summed E-state index contributed by atoms with van der Waals surface area (Å²) in [4.78, 5) is 0. The lowest BCUT2D eigenvalue weighted by Gasteiger charge is -2.01. The zero-order valence-corrected chi connectivity index (χ0v) is 4.21. The second-order valence-electron chi connectivity index (χ2n) is 1.16. The molecule has 0 saturated heterocycles. The van der Waals surface area contributed by atoms with Gasteiger partial charge in [0.05, 0.1) is 0 Å². The summed E-state index contributed by atoms with van der Waals surface area (Å²) in [6.07, 6.45) is 0. The Labute approximate surface area is 41.1 Å². The molecule has 0 saturated carbocycles. The summed E-state index contributed by atoms with van der Waals surface area (Å²) in [5.41, 5.74) is 0. The molecule has 4 heteroatoms. The van der Waals surface area contributed by atoms with Crippen molar-refractivity contribution < 1.29 is 9.47 Å². The largest absolute Gasteiger partial charge is 0.413 e. The predicted molar refractivity (Wildman–Crippen MR) is 21.6 cm³/mol. The van der Waals surface area contributed by atoms with E-state index < -0.39 is 6.03 Å². The molecular weight excluding hydrogens is 96.0 g/mol. The topological polar surface area (TPSA) is 43.2 Å². The molecule has 0 aromatic carbocycles. The van der Waals surface area contributed by atoms with Gasteiger partial charge in [0, 0.05) is 14.2 Å². The molecule has 0 radical (unpaired) electrons. The van der Waals surface area contributed by atoms with Crippen molar-refractivity contribution in [3.05, 3.63) is 0 Å². The van der Waals surface area contributed by atoms with Gasteiger partial charge in [-0.15, -0.1) is 0 Å². The third kappa shape index (κ3) is 0.618. The monoisotopic (exact) mass is 102 g/mol. The van der Waals surface area contributed by atoms with Gasteiger partial charge in [0.15, 0.2) is 0 Å². The van der Waals surface area contributed by atoms with Gasteiger partial charge in [0.25, 0.3) is 0 Å². The van der Waals surface area contributed by atoms with E-state index in [2.05, 4.69) is 19.7 Å². The van der Waals surface area contributed by atoms with Crippen LogP contribution < -0.4 is 0 Å². The highest BCUT2D eigenvalue weighted by atomic mass is 16.7. The van der Waals surface area contributed by atoms with Crippen molar-refractivity contribution in [1.82, 2.24) is 0 Å². The first-order valence-electron chi connectivity index (χ1n) is 1.87. The van der Waals surface area contributed by atoms with Gasteiger partial charge >= 0.3 is 6.03 Å². The molecule has 0 atom stereocenters. The third-order valence-corrected chi connectivity index (χ3v) is 0.795. The molecule has 0 unspecified atom stereocenters. The summed E-state index contributed by atoms with van der Waals surface area (Å²) in [6, 6.07) is -0.917. The van der Waals surface area contributed by atoms with Crippen LogP contribution in [0.25, 0.3) is 0 Å². The van der Waals surface area contributed by atoms with E-state index in [1.165, 1.54) is 14.2 Å². The van der Waals surface area contributed by atoms with E-state index in [1.807, 2.05) is 0 Å². The summed E-state index contributed by atoms with van der Waals surface area (Å²) in [5, 5.41) is 6.90. The molecular formula is C3H6N2O2. The number of hydrogen-bond acceptors (Lipinski definition) is 4. The van der Waals surface area contributed by atoms with Crippen molar-refractivity contribution >= 4 is 0 Å². The molecule has 40 valence electrons. The summed E-state index contributed by atoms with van der Waals surface area (Å²) in [5.74, 6) is 0. The fourth-order valence-corrected chi connectivity index (χ4v) is 0.287. The van der Waals surface area contributed by atoms with Crippen molar-refractivity contribution in [3.63, 3.8) is 0 Å². The van der Waals surface area contributed by atoms with Crippen LogP contribution in [0.15, 0.2) is 10.2 Å².